The summed E-state index contributed by atoms with van der Waals surface area (Å²) >= 11 is 0. The molecule has 3 atom stereocenters. The van der Waals surface area contributed by atoms with Crippen LogP contribution in [0.5, 0.6) is 11.5 Å². The largest absolute Gasteiger partial charge is 0.493 e. The molecule has 1 aromatic rings. The predicted molar refractivity (Wildman–Crippen MR) is 121 cm³/mol. The lowest BCUT2D eigenvalue weighted by molar-refractivity contribution is 0.0341. The lowest BCUT2D eigenvalue weighted by atomic mass is 10.2. The Bertz CT molecular complexity index is 637. The third-order valence-corrected chi connectivity index (χ3v) is 5.93. The van der Waals surface area contributed by atoms with Crippen LogP contribution in [-0.2, 0) is 11.3 Å². The quantitative estimate of drug-likeness (QED) is 0.605. The van der Waals surface area contributed by atoms with Gasteiger partial charge in [-0.1, -0.05) is 6.07 Å². The third-order valence-electron chi connectivity index (χ3n) is 5.93. The summed E-state index contributed by atoms with van der Waals surface area (Å²) in [5, 5.41) is 14.1. The average molecular weight is 464 g/mol. The highest BCUT2D eigenvalue weighted by Gasteiger charge is 2.32. The molecular formula is C21H35Cl2N3O4. The number of β-amino-alcohol motifs (C(OH)–C–C–N with tert-alkyl or cyclic N) is 1. The summed E-state index contributed by atoms with van der Waals surface area (Å²) in [7, 11) is 1.66. The maximum atomic E-state index is 10.4. The van der Waals surface area contributed by atoms with Gasteiger partial charge in [0.2, 0.25) is 0 Å². The number of aliphatic hydroxyl groups excluding tert-OH is 1. The lowest BCUT2D eigenvalue weighted by Gasteiger charge is -2.34. The van der Waals surface area contributed by atoms with Gasteiger partial charge in [-0.25, -0.2) is 0 Å². The van der Waals surface area contributed by atoms with Gasteiger partial charge in [0.25, 0.3) is 0 Å². The summed E-state index contributed by atoms with van der Waals surface area (Å²) in [4.78, 5) is 4.73. The highest BCUT2D eigenvalue weighted by atomic mass is 35.5. The standard InChI is InChI=1S/C21H33N3O4.2ClH/c1-26-21-10-16(11-23-6-8-27-9-7-23)2-5-20(21)28-15-19(25)14-24-12-17-3-4-18(13-24)22-17;;/h2,5,10,17-19,22,25H,3-4,6-9,11-15H2,1H3;2*1H/t17-,18+,19?;;. The van der Waals surface area contributed by atoms with Crippen molar-refractivity contribution in [2.24, 2.45) is 0 Å². The van der Waals surface area contributed by atoms with Gasteiger partial charge in [0.1, 0.15) is 12.7 Å². The molecule has 2 N–H and O–H groups in total. The molecule has 0 amide bonds. The Morgan fingerprint density at radius 3 is 2.47 bits per heavy atom. The SMILES string of the molecule is COc1cc(CN2CCOCC2)ccc1OCC(O)CN1C[C@H]2CC[C@@H](C1)N2.Cl.Cl. The second-order valence-corrected chi connectivity index (χ2v) is 8.19. The fraction of sp³-hybridized carbons (Fsp3) is 0.714. The van der Waals surface area contributed by atoms with Crippen molar-refractivity contribution in [2.45, 2.75) is 37.6 Å². The fourth-order valence-corrected chi connectivity index (χ4v) is 4.52. The van der Waals surface area contributed by atoms with Gasteiger partial charge in [-0.15, -0.1) is 24.8 Å². The molecule has 7 nitrogen and oxygen atoms in total. The van der Waals surface area contributed by atoms with E-state index in [9.17, 15) is 5.11 Å². The first-order valence-corrected chi connectivity index (χ1v) is 10.5. The molecule has 1 aromatic carbocycles. The molecule has 1 unspecified atom stereocenters. The zero-order valence-corrected chi connectivity index (χ0v) is 19.3. The number of methoxy groups -OCH3 is 1. The number of halogens is 2. The Labute approximate surface area is 191 Å². The molecule has 30 heavy (non-hydrogen) atoms. The van der Waals surface area contributed by atoms with Crippen LogP contribution in [0.25, 0.3) is 0 Å². The van der Waals surface area contributed by atoms with Gasteiger partial charge in [-0.2, -0.15) is 0 Å². The van der Waals surface area contributed by atoms with Crippen molar-refractivity contribution >= 4 is 24.8 Å². The molecule has 0 aliphatic carbocycles. The number of fused-ring (bicyclic) bond motifs is 2. The van der Waals surface area contributed by atoms with E-state index in [1.165, 1.54) is 18.4 Å². The molecule has 3 fully saturated rings. The highest BCUT2D eigenvalue weighted by molar-refractivity contribution is 5.85. The first kappa shape index (κ1) is 25.5. The van der Waals surface area contributed by atoms with Gasteiger partial charge in [-0.3, -0.25) is 9.80 Å². The Morgan fingerprint density at radius 1 is 1.10 bits per heavy atom. The number of morpholine rings is 1. The van der Waals surface area contributed by atoms with Crippen molar-refractivity contribution in [3.63, 3.8) is 0 Å². The number of hydrogen-bond donors (Lipinski definition) is 2. The topological polar surface area (TPSA) is 66.4 Å². The van der Waals surface area contributed by atoms with Crippen molar-refractivity contribution in [1.29, 1.82) is 0 Å². The van der Waals surface area contributed by atoms with Gasteiger partial charge in [0, 0.05) is 51.4 Å². The van der Waals surface area contributed by atoms with Crippen LogP contribution in [-0.4, -0.2) is 92.7 Å². The molecule has 0 radical (unpaired) electrons. The smallest absolute Gasteiger partial charge is 0.161 e. The normalized spacial score (nSPS) is 25.1. The zero-order valence-electron chi connectivity index (χ0n) is 17.6. The molecule has 0 saturated carbocycles. The summed E-state index contributed by atoms with van der Waals surface area (Å²) in [5.74, 6) is 1.41. The van der Waals surface area contributed by atoms with Crippen LogP contribution < -0.4 is 14.8 Å². The Kier molecular flexibility index (Phi) is 10.4. The number of rotatable bonds is 8. The average Bonchev–Trinajstić information content (AvgIpc) is 3.05. The number of ether oxygens (including phenoxy) is 3. The molecule has 3 heterocycles. The van der Waals surface area contributed by atoms with Crippen molar-refractivity contribution in [3.05, 3.63) is 23.8 Å². The molecule has 9 heteroatoms. The van der Waals surface area contributed by atoms with E-state index in [2.05, 4.69) is 21.2 Å². The van der Waals surface area contributed by atoms with Crippen molar-refractivity contribution in [2.75, 3.05) is 59.7 Å². The van der Waals surface area contributed by atoms with Crippen LogP contribution in [0.1, 0.15) is 18.4 Å². The molecular weight excluding hydrogens is 429 g/mol. The minimum atomic E-state index is -0.504. The zero-order chi connectivity index (χ0) is 19.3. The number of likely N-dealkylation sites (tertiary alicyclic amines) is 1. The highest BCUT2D eigenvalue weighted by Crippen LogP contribution is 2.29. The van der Waals surface area contributed by atoms with E-state index in [4.69, 9.17) is 14.2 Å². The molecule has 2 bridgehead atoms. The summed E-state index contributed by atoms with van der Waals surface area (Å²) < 4.78 is 16.8. The Morgan fingerprint density at radius 2 is 1.80 bits per heavy atom. The fourth-order valence-electron chi connectivity index (χ4n) is 4.52. The molecule has 3 saturated heterocycles. The number of nitrogens with zero attached hydrogens (tertiary/aromatic N) is 2. The molecule has 3 aliphatic rings. The van der Waals surface area contributed by atoms with Crippen LogP contribution in [0.15, 0.2) is 18.2 Å². The van der Waals surface area contributed by atoms with Crippen molar-refractivity contribution < 1.29 is 19.3 Å². The van der Waals surface area contributed by atoms with E-state index in [0.29, 0.717) is 24.4 Å². The predicted octanol–water partition coefficient (Wildman–Crippen LogP) is 1.55. The van der Waals surface area contributed by atoms with Gasteiger partial charge < -0.3 is 24.6 Å². The van der Waals surface area contributed by atoms with Crippen LogP contribution >= 0.6 is 24.8 Å². The van der Waals surface area contributed by atoms with E-state index in [1.54, 1.807) is 7.11 Å². The molecule has 0 spiro atoms. The summed E-state index contributed by atoms with van der Waals surface area (Å²) in [5.41, 5.74) is 1.20. The van der Waals surface area contributed by atoms with E-state index in [0.717, 1.165) is 51.7 Å². The summed E-state index contributed by atoms with van der Waals surface area (Å²) in [6.45, 7) is 7.37. The van der Waals surface area contributed by atoms with Crippen LogP contribution in [0.4, 0.5) is 0 Å². The summed E-state index contributed by atoms with van der Waals surface area (Å²) in [6.07, 6.45) is 2.00. The molecule has 4 rings (SSSR count). The minimum absolute atomic E-state index is 0. The number of aliphatic hydroxyl groups is 1. The minimum Gasteiger partial charge on any atom is -0.493 e. The second kappa shape index (κ2) is 12.3. The van der Waals surface area contributed by atoms with Crippen LogP contribution in [0, 0.1) is 0 Å². The monoisotopic (exact) mass is 463 g/mol. The number of piperazine rings is 1. The lowest BCUT2D eigenvalue weighted by Crippen LogP contribution is -2.53. The van der Waals surface area contributed by atoms with Gasteiger partial charge in [0.15, 0.2) is 11.5 Å². The van der Waals surface area contributed by atoms with Gasteiger partial charge in [0.05, 0.1) is 20.3 Å². The molecule has 0 aromatic heterocycles. The molecule has 3 aliphatic heterocycles. The first-order valence-electron chi connectivity index (χ1n) is 10.5. The van der Waals surface area contributed by atoms with Crippen molar-refractivity contribution in [1.82, 2.24) is 15.1 Å². The first-order chi connectivity index (χ1) is 13.7. The van der Waals surface area contributed by atoms with Crippen LogP contribution in [0.2, 0.25) is 0 Å². The maximum Gasteiger partial charge on any atom is 0.161 e. The maximum absolute atomic E-state index is 10.4. The van der Waals surface area contributed by atoms with Crippen molar-refractivity contribution in [3.8, 4) is 11.5 Å². The van der Waals surface area contributed by atoms with E-state index in [1.807, 2.05) is 12.1 Å². The number of hydrogen-bond acceptors (Lipinski definition) is 7. The van der Waals surface area contributed by atoms with Crippen LogP contribution in [0.3, 0.4) is 0 Å². The Balaban J connectivity index is 0.00000160. The van der Waals surface area contributed by atoms with Gasteiger partial charge >= 0.3 is 0 Å². The van der Waals surface area contributed by atoms with Gasteiger partial charge in [-0.05, 0) is 30.5 Å². The van der Waals surface area contributed by atoms with E-state index in [-0.39, 0.29) is 31.4 Å². The number of benzene rings is 1. The van der Waals surface area contributed by atoms with E-state index < -0.39 is 6.10 Å². The third kappa shape index (κ3) is 6.85. The Hall–Kier alpha value is -0.800. The molecule has 172 valence electrons. The number of nitrogens with one attached hydrogen (secondary N) is 1. The second-order valence-electron chi connectivity index (χ2n) is 8.19. The van der Waals surface area contributed by atoms with E-state index >= 15 is 0 Å². The summed E-state index contributed by atoms with van der Waals surface area (Å²) in [6, 6.07) is 7.24.